The summed E-state index contributed by atoms with van der Waals surface area (Å²) in [6, 6.07) is 0.405. The zero-order chi connectivity index (χ0) is 33.9. The average Bonchev–Trinajstić information content (AvgIpc) is 3.54. The van der Waals surface area contributed by atoms with Gasteiger partial charge in [-0.05, 0) is 83.5 Å². The van der Waals surface area contributed by atoms with Crippen LogP contribution in [0.25, 0.3) is 0 Å². The normalized spacial score (nSPS) is 12.5. The Morgan fingerprint density at radius 1 is 0.660 bits per heavy atom. The zero-order valence-corrected chi connectivity index (χ0v) is 31.2. The van der Waals surface area contributed by atoms with Crippen molar-refractivity contribution < 1.29 is 19.2 Å². The van der Waals surface area contributed by atoms with Gasteiger partial charge in [-0.2, -0.15) is 0 Å². The van der Waals surface area contributed by atoms with Crippen molar-refractivity contribution >= 4 is 5.97 Å². The van der Waals surface area contributed by atoms with Crippen molar-refractivity contribution in [2.45, 2.75) is 206 Å². The number of esters is 1. The first-order valence-corrected chi connectivity index (χ1v) is 20.3. The fraction of sp³-hybridized carbons (Fsp3) is 0.810. The molecule has 1 atom stereocenters. The van der Waals surface area contributed by atoms with Crippen LogP contribution >= 0.6 is 0 Å². The maximum absolute atomic E-state index is 12.3. The summed E-state index contributed by atoms with van der Waals surface area (Å²) in [7, 11) is 0. The molecule has 0 fully saturated rings. The second kappa shape index (κ2) is 34.0. The summed E-state index contributed by atoms with van der Waals surface area (Å²) >= 11 is 0. The third kappa shape index (κ3) is 27.7. The molecule has 5 heteroatoms. The van der Waals surface area contributed by atoms with Gasteiger partial charge < -0.3 is 9.84 Å². The quantitative estimate of drug-likeness (QED) is 0.0342. The lowest BCUT2D eigenvalue weighted by atomic mass is 10.0. The van der Waals surface area contributed by atoms with E-state index in [-0.39, 0.29) is 12.6 Å². The fourth-order valence-corrected chi connectivity index (χ4v) is 6.33. The molecule has 1 aromatic heterocycles. The number of aromatic nitrogens is 2. The van der Waals surface area contributed by atoms with Crippen molar-refractivity contribution in [2.75, 3.05) is 13.2 Å². The van der Waals surface area contributed by atoms with Gasteiger partial charge in [-0.1, -0.05) is 128 Å². The lowest BCUT2D eigenvalue weighted by Crippen LogP contribution is -2.37. The van der Waals surface area contributed by atoms with Gasteiger partial charge in [0.05, 0.1) is 13.2 Å². The van der Waals surface area contributed by atoms with Crippen molar-refractivity contribution in [1.29, 1.82) is 0 Å². The van der Waals surface area contributed by atoms with Gasteiger partial charge in [0.2, 0.25) is 6.33 Å². The van der Waals surface area contributed by atoms with Crippen LogP contribution in [0, 0.1) is 0 Å². The SMILES string of the molecule is CCCCCCCC/C=C\CCCCCCCC(=O)OCCCC(CCCCC/C=C\CCCCCCCC)[n+]1ccn(CCO)c1. The van der Waals surface area contributed by atoms with Crippen molar-refractivity contribution in [2.24, 2.45) is 0 Å². The van der Waals surface area contributed by atoms with E-state index in [0.29, 0.717) is 25.6 Å². The third-order valence-corrected chi connectivity index (χ3v) is 9.38. The van der Waals surface area contributed by atoms with E-state index in [9.17, 15) is 9.90 Å². The van der Waals surface area contributed by atoms with Crippen LogP contribution in [0.15, 0.2) is 43.0 Å². The molecule has 0 amide bonds. The van der Waals surface area contributed by atoms with Crippen LogP contribution in [-0.2, 0) is 16.1 Å². The number of hydrogen-bond donors (Lipinski definition) is 1. The van der Waals surface area contributed by atoms with Crippen LogP contribution in [0.3, 0.4) is 0 Å². The number of imidazole rings is 1. The number of ether oxygens (including phenoxy) is 1. The van der Waals surface area contributed by atoms with Gasteiger partial charge in [0.1, 0.15) is 25.0 Å². The molecule has 47 heavy (non-hydrogen) atoms. The molecule has 0 aliphatic carbocycles. The topological polar surface area (TPSA) is 55.3 Å². The van der Waals surface area contributed by atoms with Crippen molar-refractivity contribution in [3.05, 3.63) is 43.0 Å². The van der Waals surface area contributed by atoms with Gasteiger partial charge >= 0.3 is 5.97 Å². The zero-order valence-electron chi connectivity index (χ0n) is 31.2. The maximum atomic E-state index is 12.3. The molecule has 0 spiro atoms. The minimum absolute atomic E-state index is 0.0366. The molecule has 1 rings (SSSR count). The first-order valence-electron chi connectivity index (χ1n) is 20.3. The van der Waals surface area contributed by atoms with E-state index in [2.05, 4.69) is 59.8 Å². The summed E-state index contributed by atoms with van der Waals surface area (Å²) in [5.41, 5.74) is 0. The second-order valence-corrected chi connectivity index (χ2v) is 13.8. The average molecular weight is 658 g/mol. The van der Waals surface area contributed by atoms with E-state index in [4.69, 9.17) is 4.74 Å². The Morgan fingerprint density at radius 2 is 1.13 bits per heavy atom. The number of carbonyl (C=O) groups excluding carboxylic acids is 1. The molecular formula is C42H77N2O3+. The summed E-state index contributed by atoms with van der Waals surface area (Å²) in [6.07, 6.45) is 50.2. The molecular weight excluding hydrogens is 580 g/mol. The minimum atomic E-state index is -0.0366. The number of aliphatic hydroxyl groups is 1. The second-order valence-electron chi connectivity index (χ2n) is 13.8. The Bertz CT molecular complexity index is 862. The Kier molecular flexibility index (Phi) is 31.2. The molecule has 0 aromatic carbocycles. The molecule has 1 aromatic rings. The highest BCUT2D eigenvalue weighted by Crippen LogP contribution is 2.18. The predicted octanol–water partition coefficient (Wildman–Crippen LogP) is 11.9. The largest absolute Gasteiger partial charge is 0.466 e. The number of carbonyl (C=O) groups is 1. The molecule has 1 N–H and O–H groups in total. The number of aliphatic hydroxyl groups excluding tert-OH is 1. The van der Waals surface area contributed by atoms with Crippen LogP contribution in [-0.4, -0.2) is 28.9 Å². The summed E-state index contributed by atoms with van der Waals surface area (Å²) in [5.74, 6) is -0.0366. The summed E-state index contributed by atoms with van der Waals surface area (Å²) in [4.78, 5) is 12.3. The highest BCUT2D eigenvalue weighted by Gasteiger charge is 2.17. The van der Waals surface area contributed by atoms with Gasteiger partial charge in [-0.15, -0.1) is 0 Å². The van der Waals surface area contributed by atoms with Crippen molar-refractivity contribution in [3.8, 4) is 0 Å². The summed E-state index contributed by atoms with van der Waals surface area (Å²) in [5, 5.41) is 9.33. The lowest BCUT2D eigenvalue weighted by Gasteiger charge is -2.14. The maximum Gasteiger partial charge on any atom is 0.305 e. The Hall–Kier alpha value is -1.88. The summed E-state index contributed by atoms with van der Waals surface area (Å²) in [6.45, 7) is 5.84. The first-order chi connectivity index (χ1) is 23.2. The van der Waals surface area contributed by atoms with Gasteiger partial charge in [0.25, 0.3) is 0 Å². The Morgan fingerprint density at radius 3 is 1.66 bits per heavy atom. The third-order valence-electron chi connectivity index (χ3n) is 9.38. The fourth-order valence-electron chi connectivity index (χ4n) is 6.33. The molecule has 5 nitrogen and oxygen atoms in total. The van der Waals surface area contributed by atoms with E-state index in [1.165, 1.54) is 141 Å². The predicted molar refractivity (Wildman–Crippen MR) is 201 cm³/mol. The van der Waals surface area contributed by atoms with Crippen molar-refractivity contribution in [3.63, 3.8) is 0 Å². The molecule has 0 bridgehead atoms. The van der Waals surface area contributed by atoms with E-state index in [0.717, 1.165) is 32.1 Å². The number of unbranched alkanes of at least 4 members (excludes halogenated alkanes) is 20. The molecule has 272 valence electrons. The number of allylic oxidation sites excluding steroid dienone is 4. The van der Waals surface area contributed by atoms with Gasteiger partial charge in [0.15, 0.2) is 0 Å². The number of rotatable bonds is 35. The molecule has 0 aliphatic heterocycles. The van der Waals surface area contributed by atoms with Crippen LogP contribution in [0.1, 0.15) is 200 Å². The highest BCUT2D eigenvalue weighted by molar-refractivity contribution is 5.69. The van der Waals surface area contributed by atoms with Gasteiger partial charge in [0, 0.05) is 6.42 Å². The number of nitrogens with zero attached hydrogens (tertiary/aromatic N) is 2. The van der Waals surface area contributed by atoms with Crippen LogP contribution in [0.5, 0.6) is 0 Å². The molecule has 0 saturated carbocycles. The van der Waals surface area contributed by atoms with Gasteiger partial charge in [-0.3, -0.25) is 4.79 Å². The lowest BCUT2D eigenvalue weighted by molar-refractivity contribution is -0.724. The van der Waals surface area contributed by atoms with Gasteiger partial charge in [-0.25, -0.2) is 9.13 Å². The van der Waals surface area contributed by atoms with Crippen LogP contribution in [0.4, 0.5) is 0 Å². The molecule has 0 saturated heterocycles. The van der Waals surface area contributed by atoms with E-state index in [1.54, 1.807) is 0 Å². The van der Waals surface area contributed by atoms with Crippen LogP contribution < -0.4 is 4.57 Å². The highest BCUT2D eigenvalue weighted by atomic mass is 16.5. The standard InChI is InChI=1S/C42H77N2O3/c1-3-5-7-9-11-13-15-17-18-20-22-24-26-28-30-34-42(46)47-39-31-33-41(44-36-35-43(40-44)37-38-45)32-29-27-25-23-21-19-16-14-12-10-8-6-4-2/h17-19,21,35-36,40-41,45H,3-16,20,22-34,37-39H2,1-2H3/q+1/b18-17-,21-19-. The minimum Gasteiger partial charge on any atom is -0.466 e. The molecule has 0 aliphatic rings. The van der Waals surface area contributed by atoms with E-state index < -0.39 is 0 Å². The first kappa shape index (κ1) is 43.1. The van der Waals surface area contributed by atoms with Crippen molar-refractivity contribution in [1.82, 2.24) is 4.57 Å². The van der Waals surface area contributed by atoms with E-state index in [1.807, 2.05) is 6.20 Å². The number of hydrogen-bond acceptors (Lipinski definition) is 3. The molecule has 1 unspecified atom stereocenters. The Labute approximate surface area is 291 Å². The van der Waals surface area contributed by atoms with Crippen LogP contribution in [0.2, 0.25) is 0 Å². The monoisotopic (exact) mass is 658 g/mol. The molecule has 1 heterocycles. The van der Waals surface area contributed by atoms with E-state index >= 15 is 0 Å². The molecule has 0 radical (unpaired) electrons. The Balaban J connectivity index is 2.13. The summed E-state index contributed by atoms with van der Waals surface area (Å²) < 4.78 is 9.96. The smallest absolute Gasteiger partial charge is 0.305 e.